The fraction of sp³-hybridized carbons (Fsp3) is 0.577. The van der Waals surface area contributed by atoms with Crippen molar-refractivity contribution in [3.8, 4) is 11.8 Å². The number of carbonyl (C=O) groups excluding carboxylic acids is 4. The van der Waals surface area contributed by atoms with Crippen molar-refractivity contribution in [2.24, 2.45) is 5.92 Å². The van der Waals surface area contributed by atoms with Gasteiger partial charge in [-0.3, -0.25) is 14.4 Å². The largest absolute Gasteiger partial charge is 0.508 e. The fourth-order valence-corrected chi connectivity index (χ4v) is 3.46. The number of aromatic hydroxyl groups is 1. The summed E-state index contributed by atoms with van der Waals surface area (Å²) in [4.78, 5) is 52.3. The Kier molecular flexibility index (Phi) is 12.4. The average molecular weight is 519 g/mol. The number of esters is 1. The monoisotopic (exact) mass is 518 g/mol. The van der Waals surface area contributed by atoms with Crippen LogP contribution < -0.4 is 10.6 Å². The van der Waals surface area contributed by atoms with Crippen molar-refractivity contribution in [2.45, 2.75) is 72.1 Å². The third kappa shape index (κ3) is 11.2. The standard InChI is InChI=1S/C26H38N4O7/c1-7-36-21(32)12-14-28-23(33)22(18-8-10-19(31)11-9-18)30(15-13-27)24(34)20(16-17(2)3)29-25(35)37-26(4,5)6/h8-11,17,20,22,31H,7,12,14-16H2,1-6H3,(H,28,33)(H,29,35). The van der Waals surface area contributed by atoms with Gasteiger partial charge in [0.2, 0.25) is 11.8 Å². The minimum atomic E-state index is -1.27. The fourth-order valence-electron chi connectivity index (χ4n) is 3.46. The number of phenols is 1. The molecule has 0 heterocycles. The molecule has 0 saturated heterocycles. The highest BCUT2D eigenvalue weighted by Crippen LogP contribution is 2.25. The first-order valence-electron chi connectivity index (χ1n) is 12.2. The van der Waals surface area contributed by atoms with Gasteiger partial charge in [0.05, 0.1) is 19.1 Å². The third-order valence-electron chi connectivity index (χ3n) is 4.92. The number of phenolic OH excluding ortho intramolecular Hbond substituents is 1. The van der Waals surface area contributed by atoms with Crippen LogP contribution in [-0.2, 0) is 23.9 Å². The number of rotatable bonds is 12. The van der Waals surface area contributed by atoms with Gasteiger partial charge >= 0.3 is 12.1 Å². The Labute approximate surface area is 218 Å². The molecule has 1 aromatic carbocycles. The minimum absolute atomic E-state index is 0.0154. The van der Waals surface area contributed by atoms with Crippen LogP contribution in [0.25, 0.3) is 0 Å². The van der Waals surface area contributed by atoms with Gasteiger partial charge in [-0.2, -0.15) is 5.26 Å². The smallest absolute Gasteiger partial charge is 0.408 e. The van der Waals surface area contributed by atoms with E-state index >= 15 is 0 Å². The van der Waals surface area contributed by atoms with Crippen molar-refractivity contribution in [3.05, 3.63) is 29.8 Å². The lowest BCUT2D eigenvalue weighted by atomic mass is 9.99. The van der Waals surface area contributed by atoms with Gasteiger partial charge in [-0.05, 0) is 57.7 Å². The molecule has 2 unspecified atom stereocenters. The van der Waals surface area contributed by atoms with Gasteiger partial charge in [0.15, 0.2) is 0 Å². The topological polar surface area (TPSA) is 158 Å². The number of benzene rings is 1. The van der Waals surface area contributed by atoms with E-state index in [0.29, 0.717) is 5.56 Å². The average Bonchev–Trinajstić information content (AvgIpc) is 2.77. The molecule has 204 valence electrons. The van der Waals surface area contributed by atoms with Crippen LogP contribution in [0.2, 0.25) is 0 Å². The predicted molar refractivity (Wildman–Crippen MR) is 135 cm³/mol. The van der Waals surface area contributed by atoms with E-state index in [9.17, 15) is 29.5 Å². The Bertz CT molecular complexity index is 965. The molecule has 3 amide bonds. The molecule has 0 radical (unpaired) electrons. The molecule has 11 nitrogen and oxygen atoms in total. The number of nitrogens with zero attached hydrogens (tertiary/aromatic N) is 2. The quantitative estimate of drug-likeness (QED) is 0.281. The highest BCUT2D eigenvalue weighted by atomic mass is 16.6. The number of hydrogen-bond acceptors (Lipinski definition) is 8. The van der Waals surface area contributed by atoms with E-state index in [4.69, 9.17) is 9.47 Å². The van der Waals surface area contributed by atoms with E-state index in [1.54, 1.807) is 27.7 Å². The molecule has 0 aromatic heterocycles. The Morgan fingerprint density at radius 3 is 2.27 bits per heavy atom. The summed E-state index contributed by atoms with van der Waals surface area (Å²) >= 11 is 0. The lowest BCUT2D eigenvalue weighted by Gasteiger charge is -2.33. The molecule has 11 heteroatoms. The van der Waals surface area contributed by atoms with Crippen LogP contribution in [0.3, 0.4) is 0 Å². The zero-order chi connectivity index (χ0) is 28.2. The van der Waals surface area contributed by atoms with E-state index in [-0.39, 0.29) is 37.7 Å². The highest BCUT2D eigenvalue weighted by Gasteiger charge is 2.36. The Balaban J connectivity index is 3.33. The van der Waals surface area contributed by atoms with E-state index < -0.39 is 48.1 Å². The van der Waals surface area contributed by atoms with E-state index in [2.05, 4.69) is 10.6 Å². The first-order chi connectivity index (χ1) is 17.3. The second kappa shape index (κ2) is 14.7. The molecule has 1 rings (SSSR count). The maximum atomic E-state index is 13.7. The number of ether oxygens (including phenoxy) is 2. The maximum absolute atomic E-state index is 13.7. The van der Waals surface area contributed by atoms with Crippen LogP contribution in [0.4, 0.5) is 4.79 Å². The summed E-state index contributed by atoms with van der Waals surface area (Å²) in [6, 6.07) is 5.20. The van der Waals surface area contributed by atoms with Crippen LogP contribution in [0, 0.1) is 17.2 Å². The maximum Gasteiger partial charge on any atom is 0.408 e. The second-order valence-corrected chi connectivity index (χ2v) is 9.79. The van der Waals surface area contributed by atoms with Gasteiger partial charge in [-0.1, -0.05) is 26.0 Å². The molecule has 0 saturated carbocycles. The normalized spacial score (nSPS) is 12.6. The molecule has 2 atom stereocenters. The summed E-state index contributed by atoms with van der Waals surface area (Å²) < 4.78 is 10.2. The molecule has 3 N–H and O–H groups in total. The number of alkyl carbamates (subject to hydrolysis) is 1. The first kappa shape index (κ1) is 31.2. The Morgan fingerprint density at radius 1 is 1.14 bits per heavy atom. The van der Waals surface area contributed by atoms with Crippen molar-refractivity contribution in [1.82, 2.24) is 15.5 Å². The lowest BCUT2D eigenvalue weighted by Crippen LogP contribution is -2.53. The molecule has 0 spiro atoms. The van der Waals surface area contributed by atoms with Gasteiger partial charge < -0.3 is 30.1 Å². The first-order valence-corrected chi connectivity index (χ1v) is 12.2. The third-order valence-corrected chi connectivity index (χ3v) is 4.92. The van der Waals surface area contributed by atoms with Crippen molar-refractivity contribution in [3.63, 3.8) is 0 Å². The molecule has 1 aromatic rings. The zero-order valence-corrected chi connectivity index (χ0v) is 22.4. The molecule has 0 fully saturated rings. The summed E-state index contributed by atoms with van der Waals surface area (Å²) in [5.41, 5.74) is -0.467. The summed E-state index contributed by atoms with van der Waals surface area (Å²) in [7, 11) is 0. The molecular formula is C26H38N4O7. The van der Waals surface area contributed by atoms with Crippen molar-refractivity contribution >= 4 is 23.9 Å². The molecule has 0 aliphatic carbocycles. The van der Waals surface area contributed by atoms with E-state index in [1.807, 2.05) is 19.9 Å². The van der Waals surface area contributed by atoms with Crippen LogP contribution >= 0.6 is 0 Å². The summed E-state index contributed by atoms with van der Waals surface area (Å²) in [5, 5.41) is 24.4. The van der Waals surface area contributed by atoms with Crippen LogP contribution in [0.15, 0.2) is 24.3 Å². The number of nitriles is 1. The van der Waals surface area contributed by atoms with Crippen LogP contribution in [-0.4, -0.2) is 65.2 Å². The Morgan fingerprint density at radius 2 is 1.76 bits per heavy atom. The van der Waals surface area contributed by atoms with Gasteiger partial charge in [0, 0.05) is 6.54 Å². The van der Waals surface area contributed by atoms with Gasteiger partial charge in [0.25, 0.3) is 0 Å². The number of amides is 3. The summed E-state index contributed by atoms with van der Waals surface area (Å²) in [6.07, 6.45) is -0.653. The Hall–Kier alpha value is -3.81. The molecule has 0 aliphatic rings. The van der Waals surface area contributed by atoms with Crippen LogP contribution in [0.1, 0.15) is 66.0 Å². The van der Waals surface area contributed by atoms with Gasteiger partial charge in [-0.15, -0.1) is 0 Å². The predicted octanol–water partition coefficient (Wildman–Crippen LogP) is 2.79. The minimum Gasteiger partial charge on any atom is -0.508 e. The molecule has 0 aliphatic heterocycles. The highest BCUT2D eigenvalue weighted by molar-refractivity contribution is 5.92. The lowest BCUT2D eigenvalue weighted by molar-refractivity contribution is -0.144. The number of nitrogens with one attached hydrogen (secondary N) is 2. The summed E-state index contributed by atoms with van der Waals surface area (Å²) in [6.45, 7) is 10.2. The SMILES string of the molecule is CCOC(=O)CCNC(=O)C(c1ccc(O)cc1)N(CC#N)C(=O)C(CC(C)C)NC(=O)OC(C)(C)C. The number of hydrogen-bond donors (Lipinski definition) is 3. The van der Waals surface area contributed by atoms with Crippen molar-refractivity contribution in [1.29, 1.82) is 5.26 Å². The van der Waals surface area contributed by atoms with E-state index in [0.717, 1.165) is 4.90 Å². The van der Waals surface area contributed by atoms with Crippen LogP contribution in [0.5, 0.6) is 5.75 Å². The van der Waals surface area contributed by atoms with Crippen molar-refractivity contribution < 1.29 is 33.8 Å². The second-order valence-electron chi connectivity index (χ2n) is 9.79. The number of carbonyl (C=O) groups is 4. The van der Waals surface area contributed by atoms with Gasteiger partial charge in [-0.25, -0.2) is 4.79 Å². The van der Waals surface area contributed by atoms with E-state index in [1.165, 1.54) is 24.3 Å². The van der Waals surface area contributed by atoms with Gasteiger partial charge in [0.1, 0.15) is 30.0 Å². The molecule has 37 heavy (non-hydrogen) atoms. The zero-order valence-electron chi connectivity index (χ0n) is 22.4. The molecule has 0 bridgehead atoms. The molecular weight excluding hydrogens is 480 g/mol. The summed E-state index contributed by atoms with van der Waals surface area (Å²) in [5.74, 6) is -1.85. The van der Waals surface area contributed by atoms with Crippen molar-refractivity contribution in [2.75, 3.05) is 19.7 Å².